The van der Waals surface area contributed by atoms with E-state index < -0.39 is 21.2 Å². The Kier molecular flexibility index (Phi) is 3.48. The van der Waals surface area contributed by atoms with Crippen LogP contribution in [0.1, 0.15) is 24.3 Å². The average molecular weight is 244 g/mol. The van der Waals surface area contributed by atoms with Crippen molar-refractivity contribution in [2.45, 2.75) is 19.1 Å². The van der Waals surface area contributed by atoms with Crippen LogP contribution in [0.4, 0.5) is 5.69 Å². The predicted molar refractivity (Wildman–Crippen MR) is 58.9 cm³/mol. The van der Waals surface area contributed by atoms with Crippen molar-refractivity contribution in [2.75, 3.05) is 4.72 Å². The lowest BCUT2D eigenvalue weighted by Crippen LogP contribution is -2.24. The second-order valence-electron chi connectivity index (χ2n) is 3.40. The molecule has 0 bridgehead atoms. The highest BCUT2D eigenvalue weighted by Crippen LogP contribution is 2.15. The van der Waals surface area contributed by atoms with Crippen molar-refractivity contribution in [1.29, 1.82) is 0 Å². The van der Waals surface area contributed by atoms with Crippen LogP contribution >= 0.6 is 0 Å². The first kappa shape index (κ1) is 12.4. The van der Waals surface area contributed by atoms with Gasteiger partial charge in [0.1, 0.15) is 0 Å². The maximum atomic E-state index is 11.5. The third-order valence-corrected chi connectivity index (χ3v) is 3.63. The fourth-order valence-electron chi connectivity index (χ4n) is 0.929. The van der Waals surface area contributed by atoms with Crippen LogP contribution in [0, 0.1) is 0 Å². The van der Waals surface area contributed by atoms with E-state index >= 15 is 0 Å². The highest BCUT2D eigenvalue weighted by Gasteiger charge is 2.19. The Balaban J connectivity index is 3.12. The smallest absolute Gasteiger partial charge is 0.356 e. The molecule has 1 aromatic rings. The summed E-state index contributed by atoms with van der Waals surface area (Å²) in [6.45, 7) is 3.00. The topological polar surface area (TPSA) is 96.4 Å². The number of rotatable bonds is 4. The highest BCUT2D eigenvalue weighted by molar-refractivity contribution is 7.93. The zero-order valence-corrected chi connectivity index (χ0v) is 9.65. The van der Waals surface area contributed by atoms with Crippen molar-refractivity contribution in [2.24, 2.45) is 0 Å². The van der Waals surface area contributed by atoms with E-state index in [0.717, 1.165) is 0 Å². The van der Waals surface area contributed by atoms with Crippen molar-refractivity contribution in [3.8, 4) is 0 Å². The summed E-state index contributed by atoms with van der Waals surface area (Å²) in [7, 11) is -3.56. The summed E-state index contributed by atoms with van der Waals surface area (Å²) >= 11 is 0. The number of hydrogen-bond donors (Lipinski definition) is 2. The molecule has 7 heteroatoms. The molecular formula is C9H12N2O4S. The van der Waals surface area contributed by atoms with Crippen LogP contribution in [0.25, 0.3) is 0 Å². The lowest BCUT2D eigenvalue weighted by Gasteiger charge is -2.11. The summed E-state index contributed by atoms with van der Waals surface area (Å²) in [4.78, 5) is 14.4. The quantitative estimate of drug-likeness (QED) is 0.821. The van der Waals surface area contributed by atoms with Crippen LogP contribution in [0.3, 0.4) is 0 Å². The van der Waals surface area contributed by atoms with E-state index in [0.29, 0.717) is 0 Å². The van der Waals surface area contributed by atoms with Crippen LogP contribution in [-0.2, 0) is 10.0 Å². The molecule has 88 valence electrons. The molecule has 16 heavy (non-hydrogen) atoms. The Bertz CT molecular complexity index is 496. The van der Waals surface area contributed by atoms with Gasteiger partial charge in [0, 0.05) is 6.20 Å². The summed E-state index contributed by atoms with van der Waals surface area (Å²) in [6.07, 6.45) is 1.29. The number of aromatic carboxylic acids is 1. The Morgan fingerprint density at radius 3 is 2.62 bits per heavy atom. The zero-order valence-electron chi connectivity index (χ0n) is 8.84. The molecule has 0 aliphatic heterocycles. The predicted octanol–water partition coefficient (Wildman–Crippen LogP) is 0.930. The Hall–Kier alpha value is -1.63. The van der Waals surface area contributed by atoms with Crippen LogP contribution in [0.15, 0.2) is 18.3 Å². The number of hydrogen-bond acceptors (Lipinski definition) is 4. The normalized spacial score (nSPS) is 11.4. The minimum Gasteiger partial charge on any atom is -0.476 e. The summed E-state index contributed by atoms with van der Waals surface area (Å²) in [6, 6.07) is 2.82. The molecule has 0 aliphatic carbocycles. The van der Waals surface area contributed by atoms with E-state index in [9.17, 15) is 13.2 Å². The third-order valence-electron chi connectivity index (χ3n) is 1.88. The minimum absolute atomic E-state index is 0.0244. The van der Waals surface area contributed by atoms with Gasteiger partial charge >= 0.3 is 5.97 Å². The molecule has 1 aromatic heterocycles. The Morgan fingerprint density at radius 1 is 1.50 bits per heavy atom. The largest absolute Gasteiger partial charge is 0.476 e. The van der Waals surface area contributed by atoms with Gasteiger partial charge in [0.15, 0.2) is 5.69 Å². The van der Waals surface area contributed by atoms with E-state index in [-0.39, 0.29) is 11.4 Å². The Morgan fingerprint density at radius 2 is 2.12 bits per heavy atom. The summed E-state index contributed by atoms with van der Waals surface area (Å²) in [5.41, 5.74) is -0.338. The van der Waals surface area contributed by atoms with Crippen molar-refractivity contribution in [3.05, 3.63) is 24.0 Å². The molecule has 6 nitrogen and oxygen atoms in total. The number of nitrogens with one attached hydrogen (secondary N) is 1. The molecule has 0 aromatic carbocycles. The molecular weight excluding hydrogens is 232 g/mol. The molecule has 0 saturated carbocycles. The van der Waals surface area contributed by atoms with Gasteiger partial charge in [-0.15, -0.1) is 0 Å². The van der Waals surface area contributed by atoms with E-state index in [1.807, 2.05) is 0 Å². The molecule has 0 atom stereocenters. The van der Waals surface area contributed by atoms with Gasteiger partial charge in [0.05, 0.1) is 10.9 Å². The number of nitrogens with zero attached hydrogens (tertiary/aromatic N) is 1. The molecule has 0 spiro atoms. The number of sulfonamides is 1. The van der Waals surface area contributed by atoms with Gasteiger partial charge in [-0.3, -0.25) is 4.72 Å². The molecule has 0 amide bonds. The molecule has 2 N–H and O–H groups in total. The standard InChI is InChI=1S/C9H12N2O4S/c1-6(2)16(14,15)11-7-4-3-5-10-8(7)9(12)13/h3-6,11H,1-2H3,(H,12,13). The van der Waals surface area contributed by atoms with Crippen molar-refractivity contribution in [3.63, 3.8) is 0 Å². The van der Waals surface area contributed by atoms with Crippen molar-refractivity contribution < 1.29 is 18.3 Å². The third kappa shape index (κ3) is 2.69. The lowest BCUT2D eigenvalue weighted by molar-refractivity contribution is 0.0692. The number of carboxylic acid groups (broad SMARTS) is 1. The molecule has 0 saturated heterocycles. The number of aromatic nitrogens is 1. The molecule has 0 fully saturated rings. The van der Waals surface area contributed by atoms with Gasteiger partial charge in [-0.05, 0) is 26.0 Å². The van der Waals surface area contributed by atoms with E-state index in [4.69, 9.17) is 5.11 Å². The van der Waals surface area contributed by atoms with E-state index in [1.165, 1.54) is 32.2 Å². The maximum Gasteiger partial charge on any atom is 0.356 e. The fraction of sp³-hybridized carbons (Fsp3) is 0.333. The first-order chi connectivity index (χ1) is 7.34. The summed E-state index contributed by atoms with van der Waals surface area (Å²) < 4.78 is 25.3. The zero-order chi connectivity index (χ0) is 12.3. The monoisotopic (exact) mass is 244 g/mol. The molecule has 0 radical (unpaired) electrons. The lowest BCUT2D eigenvalue weighted by atomic mass is 10.3. The average Bonchev–Trinajstić information content (AvgIpc) is 2.17. The highest BCUT2D eigenvalue weighted by atomic mass is 32.2. The van der Waals surface area contributed by atoms with Gasteiger partial charge in [-0.25, -0.2) is 18.2 Å². The van der Waals surface area contributed by atoms with Gasteiger partial charge in [0.2, 0.25) is 10.0 Å². The van der Waals surface area contributed by atoms with Crippen LogP contribution in [0.2, 0.25) is 0 Å². The number of carbonyl (C=O) groups is 1. The van der Waals surface area contributed by atoms with E-state index in [2.05, 4.69) is 9.71 Å². The number of anilines is 1. The van der Waals surface area contributed by atoms with Gasteiger partial charge < -0.3 is 5.11 Å². The minimum atomic E-state index is -3.56. The second-order valence-corrected chi connectivity index (χ2v) is 5.64. The molecule has 1 heterocycles. The van der Waals surface area contributed by atoms with Crippen LogP contribution in [0.5, 0.6) is 0 Å². The number of carboxylic acids is 1. The summed E-state index contributed by atoms with van der Waals surface area (Å²) in [5.74, 6) is -1.28. The maximum absolute atomic E-state index is 11.5. The van der Waals surface area contributed by atoms with Crippen molar-refractivity contribution in [1.82, 2.24) is 4.98 Å². The SMILES string of the molecule is CC(C)S(=O)(=O)Nc1cccnc1C(=O)O. The molecule has 0 aliphatic rings. The molecule has 0 unspecified atom stereocenters. The van der Waals surface area contributed by atoms with Gasteiger partial charge in [-0.2, -0.15) is 0 Å². The van der Waals surface area contributed by atoms with Crippen LogP contribution in [-0.4, -0.2) is 29.7 Å². The van der Waals surface area contributed by atoms with E-state index in [1.54, 1.807) is 0 Å². The van der Waals surface area contributed by atoms with Gasteiger partial charge in [-0.1, -0.05) is 0 Å². The first-order valence-corrected chi connectivity index (χ1v) is 6.09. The fourth-order valence-corrected chi connectivity index (χ4v) is 1.64. The summed E-state index contributed by atoms with van der Waals surface area (Å²) in [5, 5.41) is 8.16. The first-order valence-electron chi connectivity index (χ1n) is 4.54. The van der Waals surface area contributed by atoms with Crippen LogP contribution < -0.4 is 4.72 Å². The van der Waals surface area contributed by atoms with Crippen molar-refractivity contribution >= 4 is 21.7 Å². The second kappa shape index (κ2) is 4.48. The Labute approximate surface area is 93.4 Å². The van der Waals surface area contributed by atoms with Gasteiger partial charge in [0.25, 0.3) is 0 Å². The number of pyridine rings is 1. The molecule has 1 rings (SSSR count).